The van der Waals surface area contributed by atoms with Crippen LogP contribution in [0.5, 0.6) is 5.75 Å². The Morgan fingerprint density at radius 3 is 2.47 bits per heavy atom. The van der Waals surface area contributed by atoms with Gasteiger partial charge in [-0.1, -0.05) is 0 Å². The molecule has 0 saturated carbocycles. The fraction of sp³-hybridized carbons (Fsp3) is 0.381. The molecular formula is C21H25FN2O5S. The van der Waals surface area contributed by atoms with E-state index >= 15 is 0 Å². The highest BCUT2D eigenvalue weighted by atomic mass is 32.2. The highest BCUT2D eigenvalue weighted by molar-refractivity contribution is 7.89. The maximum Gasteiger partial charge on any atom is 0.340 e. The normalized spacial score (nSPS) is 14.2. The Labute approximate surface area is 176 Å². The Bertz CT molecular complexity index is 1030. The second kappa shape index (κ2) is 9.01. The van der Waals surface area contributed by atoms with Crippen molar-refractivity contribution in [3.8, 4) is 5.75 Å². The number of sulfonamides is 1. The van der Waals surface area contributed by atoms with Gasteiger partial charge >= 0.3 is 5.97 Å². The molecule has 0 radical (unpaired) electrons. The first-order valence-electron chi connectivity index (χ1n) is 9.55. The monoisotopic (exact) mass is 436 g/mol. The second-order valence-electron chi connectivity index (χ2n) is 7.19. The molecule has 2 aromatic carbocycles. The number of carbonyl (C=O) groups is 1. The molecule has 0 N–H and O–H groups in total. The van der Waals surface area contributed by atoms with Gasteiger partial charge in [0.2, 0.25) is 10.0 Å². The molecule has 0 atom stereocenters. The number of anilines is 1. The Morgan fingerprint density at radius 1 is 1.13 bits per heavy atom. The molecule has 9 heteroatoms. The first kappa shape index (κ1) is 22.0. The predicted octanol–water partition coefficient (Wildman–Crippen LogP) is 3.04. The quantitative estimate of drug-likeness (QED) is 0.621. The van der Waals surface area contributed by atoms with Gasteiger partial charge in [-0.25, -0.2) is 21.9 Å². The molecule has 30 heavy (non-hydrogen) atoms. The van der Waals surface area contributed by atoms with Crippen molar-refractivity contribution in [3.05, 3.63) is 53.3 Å². The molecule has 7 nitrogen and oxygen atoms in total. The van der Waals surface area contributed by atoms with Crippen LogP contribution in [-0.2, 0) is 21.4 Å². The average Bonchev–Trinajstić information content (AvgIpc) is 3.26. The number of nitrogens with zero attached hydrogens (tertiary/aromatic N) is 2. The molecular weight excluding hydrogens is 411 g/mol. The standard InChI is InChI=1S/C21H25FN2O5S/c1-23(2)30(26,27)17-7-8-19(24-10-4-5-11-24)18(13-17)21(25)29-14-15-12-16(22)6-9-20(15)28-3/h6-9,12-13H,4-5,10-11,14H2,1-3H3. The molecule has 0 aliphatic carbocycles. The number of ether oxygens (including phenoxy) is 2. The van der Waals surface area contributed by atoms with E-state index in [-0.39, 0.29) is 17.1 Å². The van der Waals surface area contributed by atoms with E-state index in [9.17, 15) is 17.6 Å². The first-order valence-corrected chi connectivity index (χ1v) is 11.0. The molecule has 1 fully saturated rings. The van der Waals surface area contributed by atoms with Crippen LogP contribution < -0.4 is 9.64 Å². The number of hydrogen-bond donors (Lipinski definition) is 0. The van der Waals surface area contributed by atoms with E-state index in [1.165, 1.54) is 51.5 Å². The Hall–Kier alpha value is -2.65. The minimum Gasteiger partial charge on any atom is -0.496 e. The topological polar surface area (TPSA) is 76.1 Å². The summed E-state index contributed by atoms with van der Waals surface area (Å²) in [5.74, 6) is -0.759. The first-order chi connectivity index (χ1) is 14.2. The van der Waals surface area contributed by atoms with Gasteiger partial charge in [0.15, 0.2) is 0 Å². The highest BCUT2D eigenvalue weighted by Gasteiger charge is 2.25. The number of methoxy groups -OCH3 is 1. The fourth-order valence-electron chi connectivity index (χ4n) is 3.36. The maximum absolute atomic E-state index is 13.6. The molecule has 162 valence electrons. The van der Waals surface area contributed by atoms with Crippen LogP contribution in [0, 0.1) is 5.82 Å². The van der Waals surface area contributed by atoms with Gasteiger partial charge in [0.25, 0.3) is 0 Å². The van der Waals surface area contributed by atoms with E-state index in [0.29, 0.717) is 17.0 Å². The molecule has 1 saturated heterocycles. The van der Waals surface area contributed by atoms with Gasteiger partial charge in [0.1, 0.15) is 18.2 Å². The van der Waals surface area contributed by atoms with Crippen LogP contribution in [-0.4, -0.2) is 53.0 Å². The van der Waals surface area contributed by atoms with Crippen molar-refractivity contribution in [3.63, 3.8) is 0 Å². The molecule has 3 rings (SSSR count). The van der Waals surface area contributed by atoms with Gasteiger partial charge in [-0.3, -0.25) is 0 Å². The molecule has 2 aromatic rings. The number of rotatable bonds is 7. The molecule has 0 spiro atoms. The number of carbonyl (C=O) groups excluding carboxylic acids is 1. The summed E-state index contributed by atoms with van der Waals surface area (Å²) in [5.41, 5.74) is 1.17. The van der Waals surface area contributed by atoms with Gasteiger partial charge in [-0.15, -0.1) is 0 Å². The van der Waals surface area contributed by atoms with Crippen LogP contribution in [0.3, 0.4) is 0 Å². The van der Waals surface area contributed by atoms with Crippen LogP contribution in [0.2, 0.25) is 0 Å². The molecule has 0 bridgehead atoms. The van der Waals surface area contributed by atoms with Crippen molar-refractivity contribution in [2.24, 2.45) is 0 Å². The van der Waals surface area contributed by atoms with Gasteiger partial charge in [-0.05, 0) is 49.2 Å². The van der Waals surface area contributed by atoms with E-state index < -0.39 is 21.8 Å². The zero-order valence-electron chi connectivity index (χ0n) is 17.2. The van der Waals surface area contributed by atoms with E-state index in [2.05, 4.69) is 0 Å². The minimum atomic E-state index is -3.72. The third kappa shape index (κ3) is 4.57. The van der Waals surface area contributed by atoms with Crippen LogP contribution in [0.25, 0.3) is 0 Å². The summed E-state index contributed by atoms with van der Waals surface area (Å²) in [6, 6.07) is 8.43. The Morgan fingerprint density at radius 2 is 1.83 bits per heavy atom. The number of halogens is 1. The van der Waals surface area contributed by atoms with Gasteiger partial charge in [0, 0.05) is 32.7 Å². The molecule has 0 aromatic heterocycles. The van der Waals surface area contributed by atoms with E-state index in [1.807, 2.05) is 4.90 Å². The summed E-state index contributed by atoms with van der Waals surface area (Å²) in [4.78, 5) is 15.0. The van der Waals surface area contributed by atoms with Crippen LogP contribution in [0.4, 0.5) is 10.1 Å². The van der Waals surface area contributed by atoms with Crippen LogP contribution in [0.1, 0.15) is 28.8 Å². The lowest BCUT2D eigenvalue weighted by molar-refractivity contribution is 0.0470. The second-order valence-corrected chi connectivity index (χ2v) is 9.34. The Kier molecular flexibility index (Phi) is 6.62. The summed E-state index contributed by atoms with van der Waals surface area (Å²) < 4.78 is 50.4. The lowest BCUT2D eigenvalue weighted by Crippen LogP contribution is -2.24. The molecule has 0 unspecified atom stereocenters. The fourth-order valence-corrected chi connectivity index (χ4v) is 4.29. The zero-order chi connectivity index (χ0) is 21.9. The minimum absolute atomic E-state index is 0.00531. The van der Waals surface area contributed by atoms with Crippen molar-refractivity contribution >= 4 is 21.7 Å². The van der Waals surface area contributed by atoms with Crippen molar-refractivity contribution in [1.29, 1.82) is 0 Å². The number of esters is 1. The third-order valence-electron chi connectivity index (χ3n) is 5.01. The smallest absolute Gasteiger partial charge is 0.340 e. The van der Waals surface area contributed by atoms with Crippen LogP contribution >= 0.6 is 0 Å². The molecule has 1 aliphatic rings. The summed E-state index contributed by atoms with van der Waals surface area (Å²) in [6.45, 7) is 1.35. The van der Waals surface area contributed by atoms with E-state index in [0.717, 1.165) is 30.2 Å². The van der Waals surface area contributed by atoms with Crippen molar-refractivity contribution in [2.45, 2.75) is 24.3 Å². The molecule has 1 aliphatic heterocycles. The average molecular weight is 437 g/mol. The molecule has 0 amide bonds. The lowest BCUT2D eigenvalue weighted by atomic mass is 10.1. The van der Waals surface area contributed by atoms with E-state index in [4.69, 9.17) is 9.47 Å². The van der Waals surface area contributed by atoms with Gasteiger partial charge in [0.05, 0.1) is 23.3 Å². The summed E-state index contributed by atoms with van der Waals surface area (Å²) in [7, 11) is 0.582. The van der Waals surface area contributed by atoms with Crippen LogP contribution in [0.15, 0.2) is 41.3 Å². The third-order valence-corrected chi connectivity index (χ3v) is 6.83. The van der Waals surface area contributed by atoms with E-state index in [1.54, 1.807) is 6.07 Å². The highest BCUT2D eigenvalue weighted by Crippen LogP contribution is 2.29. The van der Waals surface area contributed by atoms with Crippen molar-refractivity contribution in [1.82, 2.24) is 4.31 Å². The molecule has 1 heterocycles. The summed E-state index contributed by atoms with van der Waals surface area (Å²) in [6.07, 6.45) is 1.99. The SMILES string of the molecule is COc1ccc(F)cc1COC(=O)c1cc(S(=O)(=O)N(C)C)ccc1N1CCCC1. The number of benzene rings is 2. The maximum atomic E-state index is 13.6. The predicted molar refractivity (Wildman–Crippen MR) is 111 cm³/mol. The largest absolute Gasteiger partial charge is 0.496 e. The Balaban J connectivity index is 1.93. The number of hydrogen-bond acceptors (Lipinski definition) is 6. The zero-order valence-corrected chi connectivity index (χ0v) is 18.0. The summed E-state index contributed by atoms with van der Waals surface area (Å²) in [5, 5.41) is 0. The van der Waals surface area contributed by atoms with Crippen molar-refractivity contribution in [2.75, 3.05) is 39.2 Å². The van der Waals surface area contributed by atoms with Gasteiger partial charge < -0.3 is 14.4 Å². The summed E-state index contributed by atoms with van der Waals surface area (Å²) >= 11 is 0. The van der Waals surface area contributed by atoms with Crippen molar-refractivity contribution < 1.29 is 27.1 Å². The van der Waals surface area contributed by atoms with Gasteiger partial charge in [-0.2, -0.15) is 0 Å². The lowest BCUT2D eigenvalue weighted by Gasteiger charge is -2.22.